The van der Waals surface area contributed by atoms with E-state index in [0.717, 1.165) is 25.7 Å². The van der Waals surface area contributed by atoms with Crippen molar-refractivity contribution in [3.8, 4) is 5.75 Å². The molecule has 0 atom stereocenters. The highest BCUT2D eigenvalue weighted by atomic mass is 32.2. The number of sulfonamides is 1. The number of rotatable bonds is 6. The van der Waals surface area contributed by atoms with Crippen LogP contribution in [-0.2, 0) is 10.0 Å². The first-order chi connectivity index (χ1) is 9.49. The van der Waals surface area contributed by atoms with Gasteiger partial charge in [0.2, 0.25) is 10.0 Å². The largest absolute Gasteiger partial charge is 0.492 e. The molecule has 1 aliphatic rings. The van der Waals surface area contributed by atoms with Crippen molar-refractivity contribution in [2.24, 2.45) is 0 Å². The Kier molecular flexibility index (Phi) is 4.88. The van der Waals surface area contributed by atoms with Crippen molar-refractivity contribution >= 4 is 15.7 Å². The quantitative estimate of drug-likeness (QED) is 0.814. The van der Waals surface area contributed by atoms with Gasteiger partial charge in [0.25, 0.3) is 0 Å². The van der Waals surface area contributed by atoms with Crippen LogP contribution in [0.25, 0.3) is 0 Å². The lowest BCUT2D eigenvalue weighted by Gasteiger charge is -2.23. The zero-order valence-electron chi connectivity index (χ0n) is 11.8. The Bertz CT molecular complexity index is 522. The molecule has 2 N–H and O–H groups in total. The fraction of sp³-hybridized carbons (Fsp3) is 0.571. The molecule has 0 bridgehead atoms. The lowest BCUT2D eigenvalue weighted by Crippen LogP contribution is -2.38. The minimum absolute atomic E-state index is 0.00434. The predicted molar refractivity (Wildman–Crippen MR) is 80.2 cm³/mol. The zero-order chi connectivity index (χ0) is 14.6. The summed E-state index contributed by atoms with van der Waals surface area (Å²) in [5, 5.41) is 0. The maximum absolute atomic E-state index is 12.2. The average Bonchev–Trinajstić information content (AvgIpc) is 2.94. The lowest BCUT2D eigenvalue weighted by molar-refractivity contribution is 0.329. The van der Waals surface area contributed by atoms with E-state index >= 15 is 0 Å². The minimum Gasteiger partial charge on any atom is -0.492 e. The molecular formula is C14H22N2O3S. The minimum atomic E-state index is -3.24. The van der Waals surface area contributed by atoms with Gasteiger partial charge in [-0.05, 0) is 37.1 Å². The third kappa shape index (κ3) is 3.86. The predicted octanol–water partition coefficient (Wildman–Crippen LogP) is 1.85. The highest BCUT2D eigenvalue weighted by molar-refractivity contribution is 7.89. The van der Waals surface area contributed by atoms with Crippen LogP contribution in [0.3, 0.4) is 0 Å². The topological polar surface area (TPSA) is 72.6 Å². The van der Waals surface area contributed by atoms with Gasteiger partial charge in [-0.25, -0.2) is 12.7 Å². The SMILES string of the molecule is CN(C1CCCC1)S(=O)(=O)CCOc1ccc(N)cc1. The van der Waals surface area contributed by atoms with Gasteiger partial charge in [0, 0.05) is 18.8 Å². The molecule has 1 fully saturated rings. The molecule has 0 heterocycles. The summed E-state index contributed by atoms with van der Waals surface area (Å²) in [6.45, 7) is 0.156. The fourth-order valence-corrected chi connectivity index (χ4v) is 3.71. The van der Waals surface area contributed by atoms with Gasteiger partial charge in [0.1, 0.15) is 12.4 Å². The molecular weight excluding hydrogens is 276 g/mol. The molecule has 0 aromatic heterocycles. The van der Waals surface area contributed by atoms with Gasteiger partial charge in [0.15, 0.2) is 0 Å². The van der Waals surface area contributed by atoms with Crippen molar-refractivity contribution in [2.45, 2.75) is 31.7 Å². The normalized spacial score (nSPS) is 16.7. The molecule has 2 rings (SSSR count). The van der Waals surface area contributed by atoms with Gasteiger partial charge in [-0.1, -0.05) is 12.8 Å². The Hall–Kier alpha value is -1.27. The highest BCUT2D eigenvalue weighted by Crippen LogP contribution is 2.24. The summed E-state index contributed by atoms with van der Waals surface area (Å²) < 4.78 is 31.3. The number of hydrogen-bond acceptors (Lipinski definition) is 4. The summed E-state index contributed by atoms with van der Waals surface area (Å²) in [4.78, 5) is 0. The third-order valence-corrected chi connectivity index (χ3v) is 5.63. The maximum Gasteiger partial charge on any atom is 0.217 e. The van der Waals surface area contributed by atoms with Crippen molar-refractivity contribution in [1.82, 2.24) is 4.31 Å². The first-order valence-electron chi connectivity index (χ1n) is 6.93. The molecule has 6 heteroatoms. The molecule has 5 nitrogen and oxygen atoms in total. The van der Waals surface area contributed by atoms with Crippen LogP contribution in [0.4, 0.5) is 5.69 Å². The smallest absolute Gasteiger partial charge is 0.217 e. The second kappa shape index (κ2) is 6.45. The van der Waals surface area contributed by atoms with Crippen LogP contribution in [0.2, 0.25) is 0 Å². The molecule has 20 heavy (non-hydrogen) atoms. The summed E-state index contributed by atoms with van der Waals surface area (Å²) in [5.41, 5.74) is 6.23. The Labute approximate surface area is 120 Å². The van der Waals surface area contributed by atoms with E-state index in [9.17, 15) is 8.42 Å². The fourth-order valence-electron chi connectivity index (χ4n) is 2.47. The van der Waals surface area contributed by atoms with E-state index in [2.05, 4.69) is 0 Å². The Morgan fingerprint density at radius 2 is 1.85 bits per heavy atom. The Morgan fingerprint density at radius 3 is 2.45 bits per heavy atom. The molecule has 1 aromatic carbocycles. The van der Waals surface area contributed by atoms with E-state index in [-0.39, 0.29) is 18.4 Å². The van der Waals surface area contributed by atoms with Crippen LogP contribution in [0.5, 0.6) is 5.75 Å². The summed E-state index contributed by atoms with van der Waals surface area (Å²) in [7, 11) is -1.56. The van der Waals surface area contributed by atoms with Crippen molar-refractivity contribution < 1.29 is 13.2 Å². The molecule has 0 unspecified atom stereocenters. The Balaban J connectivity index is 1.84. The number of nitrogens with zero attached hydrogens (tertiary/aromatic N) is 1. The second-order valence-electron chi connectivity index (χ2n) is 5.19. The standard InChI is InChI=1S/C14H22N2O3S/c1-16(13-4-2-3-5-13)20(17,18)11-10-19-14-8-6-12(15)7-9-14/h6-9,13H,2-5,10-11,15H2,1H3. The van der Waals surface area contributed by atoms with Crippen LogP contribution >= 0.6 is 0 Å². The van der Waals surface area contributed by atoms with Crippen LogP contribution < -0.4 is 10.5 Å². The van der Waals surface area contributed by atoms with E-state index in [1.165, 1.54) is 4.31 Å². The number of ether oxygens (including phenoxy) is 1. The molecule has 1 aromatic rings. The average molecular weight is 298 g/mol. The molecule has 112 valence electrons. The maximum atomic E-state index is 12.2. The van der Waals surface area contributed by atoms with Gasteiger partial charge in [-0.15, -0.1) is 0 Å². The van der Waals surface area contributed by atoms with Crippen LogP contribution in [0, 0.1) is 0 Å². The number of benzene rings is 1. The summed E-state index contributed by atoms with van der Waals surface area (Å²) >= 11 is 0. The number of nitrogens with two attached hydrogens (primary N) is 1. The zero-order valence-corrected chi connectivity index (χ0v) is 12.6. The van der Waals surface area contributed by atoms with Crippen LogP contribution in [0.15, 0.2) is 24.3 Å². The first kappa shape index (κ1) is 15.1. The first-order valence-corrected chi connectivity index (χ1v) is 8.54. The molecule has 0 spiro atoms. The number of anilines is 1. The van der Waals surface area contributed by atoms with Crippen molar-refractivity contribution in [3.63, 3.8) is 0 Å². The number of hydrogen-bond donors (Lipinski definition) is 1. The van der Waals surface area contributed by atoms with Gasteiger partial charge in [-0.3, -0.25) is 0 Å². The van der Waals surface area contributed by atoms with E-state index in [1.807, 2.05) is 0 Å². The molecule has 0 saturated heterocycles. The van der Waals surface area contributed by atoms with Crippen LogP contribution in [0.1, 0.15) is 25.7 Å². The monoisotopic (exact) mass is 298 g/mol. The second-order valence-corrected chi connectivity index (χ2v) is 7.34. The Morgan fingerprint density at radius 1 is 1.25 bits per heavy atom. The van der Waals surface area contributed by atoms with Crippen LogP contribution in [-0.4, -0.2) is 38.2 Å². The van der Waals surface area contributed by atoms with E-state index in [1.54, 1.807) is 31.3 Å². The molecule has 0 amide bonds. The lowest BCUT2D eigenvalue weighted by atomic mass is 10.3. The van der Waals surface area contributed by atoms with Gasteiger partial charge < -0.3 is 10.5 Å². The van der Waals surface area contributed by atoms with Gasteiger partial charge in [-0.2, -0.15) is 0 Å². The summed E-state index contributed by atoms with van der Waals surface area (Å²) in [6.07, 6.45) is 4.17. The van der Waals surface area contributed by atoms with Crippen molar-refractivity contribution in [1.29, 1.82) is 0 Å². The molecule has 1 saturated carbocycles. The molecule has 0 aliphatic heterocycles. The van der Waals surface area contributed by atoms with E-state index in [4.69, 9.17) is 10.5 Å². The summed E-state index contributed by atoms with van der Waals surface area (Å²) in [5.74, 6) is 0.641. The van der Waals surface area contributed by atoms with E-state index in [0.29, 0.717) is 11.4 Å². The summed E-state index contributed by atoms with van der Waals surface area (Å²) in [6, 6.07) is 7.10. The van der Waals surface area contributed by atoms with Gasteiger partial charge in [0.05, 0.1) is 5.75 Å². The molecule has 0 radical (unpaired) electrons. The third-order valence-electron chi connectivity index (χ3n) is 3.77. The van der Waals surface area contributed by atoms with Crippen molar-refractivity contribution in [2.75, 3.05) is 25.1 Å². The number of nitrogen functional groups attached to an aromatic ring is 1. The van der Waals surface area contributed by atoms with E-state index < -0.39 is 10.0 Å². The highest BCUT2D eigenvalue weighted by Gasteiger charge is 2.28. The molecule has 1 aliphatic carbocycles. The van der Waals surface area contributed by atoms with Crippen molar-refractivity contribution in [3.05, 3.63) is 24.3 Å². The van der Waals surface area contributed by atoms with Gasteiger partial charge >= 0.3 is 0 Å².